The smallest absolute Gasteiger partial charge is 0.269 e. The molecule has 1 aromatic carbocycles. The zero-order chi connectivity index (χ0) is 14.5. The molecule has 2 rings (SSSR count). The quantitative estimate of drug-likeness (QED) is 0.507. The van der Waals surface area contributed by atoms with Crippen LogP contribution in [0.1, 0.15) is 32.6 Å². The third-order valence-corrected chi connectivity index (χ3v) is 3.98. The normalized spacial score (nSPS) is 22.1. The van der Waals surface area contributed by atoms with E-state index in [4.69, 9.17) is 12.2 Å². The van der Waals surface area contributed by atoms with E-state index in [1.54, 1.807) is 12.1 Å². The number of nitrogens with zero attached hydrogens (tertiary/aromatic N) is 1. The lowest BCUT2D eigenvalue weighted by atomic mass is 9.86. The van der Waals surface area contributed by atoms with Gasteiger partial charge in [0, 0.05) is 23.9 Å². The molecule has 2 atom stereocenters. The van der Waals surface area contributed by atoms with Crippen LogP contribution in [0, 0.1) is 16.0 Å². The van der Waals surface area contributed by atoms with Gasteiger partial charge in [-0.3, -0.25) is 10.1 Å². The predicted molar refractivity (Wildman–Crippen MR) is 83.9 cm³/mol. The Labute approximate surface area is 123 Å². The Bertz CT molecular complexity index is 490. The van der Waals surface area contributed by atoms with Gasteiger partial charge in [-0.05, 0) is 43.1 Å². The summed E-state index contributed by atoms with van der Waals surface area (Å²) in [5.41, 5.74) is 0.840. The van der Waals surface area contributed by atoms with Crippen molar-refractivity contribution in [3.05, 3.63) is 34.4 Å². The molecule has 1 saturated carbocycles. The molecule has 0 aromatic heterocycles. The van der Waals surface area contributed by atoms with Gasteiger partial charge < -0.3 is 10.6 Å². The van der Waals surface area contributed by atoms with Gasteiger partial charge in [0.1, 0.15) is 0 Å². The van der Waals surface area contributed by atoms with Crippen molar-refractivity contribution >= 4 is 28.7 Å². The lowest BCUT2D eigenvalue weighted by molar-refractivity contribution is -0.384. The molecule has 20 heavy (non-hydrogen) atoms. The van der Waals surface area contributed by atoms with Crippen molar-refractivity contribution in [2.24, 2.45) is 5.92 Å². The molecule has 6 heteroatoms. The second-order valence-electron chi connectivity index (χ2n) is 5.27. The van der Waals surface area contributed by atoms with E-state index in [-0.39, 0.29) is 5.69 Å². The van der Waals surface area contributed by atoms with Crippen molar-refractivity contribution in [1.29, 1.82) is 0 Å². The molecule has 1 aromatic rings. The number of hydrogen-bond acceptors (Lipinski definition) is 3. The van der Waals surface area contributed by atoms with E-state index in [1.165, 1.54) is 31.4 Å². The Hall–Kier alpha value is -1.69. The molecule has 1 aliphatic rings. The summed E-state index contributed by atoms with van der Waals surface area (Å²) < 4.78 is 0. The van der Waals surface area contributed by atoms with Crippen LogP contribution in [0.25, 0.3) is 0 Å². The van der Waals surface area contributed by atoms with Gasteiger partial charge in [-0.1, -0.05) is 19.8 Å². The molecule has 2 N–H and O–H groups in total. The van der Waals surface area contributed by atoms with Crippen molar-refractivity contribution in [2.45, 2.75) is 38.6 Å². The fourth-order valence-electron chi connectivity index (χ4n) is 2.53. The molecular weight excluding hydrogens is 274 g/mol. The maximum absolute atomic E-state index is 10.6. The van der Waals surface area contributed by atoms with Gasteiger partial charge in [0.2, 0.25) is 0 Å². The highest BCUT2D eigenvalue weighted by molar-refractivity contribution is 7.80. The zero-order valence-electron chi connectivity index (χ0n) is 11.5. The summed E-state index contributed by atoms with van der Waals surface area (Å²) in [6.45, 7) is 2.24. The molecule has 0 heterocycles. The van der Waals surface area contributed by atoms with Gasteiger partial charge in [-0.15, -0.1) is 0 Å². The lowest BCUT2D eigenvalue weighted by Gasteiger charge is -2.30. The second-order valence-corrected chi connectivity index (χ2v) is 5.68. The third-order valence-electron chi connectivity index (χ3n) is 3.76. The van der Waals surface area contributed by atoms with Gasteiger partial charge in [0.25, 0.3) is 5.69 Å². The standard InChI is InChI=1S/C14H19N3O2S/c1-10-4-2-3-5-13(10)16-14(20)15-11-6-8-12(9-7-11)17(18)19/h6-10,13H,2-5H2,1H3,(H2,15,16,20)/t10-,13-/m0/s1. The molecule has 0 amide bonds. The van der Waals surface area contributed by atoms with Crippen molar-refractivity contribution in [3.63, 3.8) is 0 Å². The third kappa shape index (κ3) is 3.90. The number of nitro groups is 1. The molecular formula is C14H19N3O2S. The highest BCUT2D eigenvalue weighted by Gasteiger charge is 2.21. The van der Waals surface area contributed by atoms with Gasteiger partial charge in [0.05, 0.1) is 4.92 Å². The lowest BCUT2D eigenvalue weighted by Crippen LogP contribution is -2.43. The topological polar surface area (TPSA) is 67.2 Å². The molecule has 0 spiro atoms. The molecule has 0 radical (unpaired) electrons. The molecule has 108 valence electrons. The van der Waals surface area contributed by atoms with Crippen LogP contribution in [0.15, 0.2) is 24.3 Å². The summed E-state index contributed by atoms with van der Waals surface area (Å²) in [4.78, 5) is 10.2. The maximum atomic E-state index is 10.6. The van der Waals surface area contributed by atoms with E-state index in [0.29, 0.717) is 17.1 Å². The van der Waals surface area contributed by atoms with Gasteiger partial charge in [0.15, 0.2) is 5.11 Å². The SMILES string of the molecule is C[C@H]1CCCC[C@@H]1NC(=S)Nc1ccc([N+](=O)[O-])cc1. The van der Waals surface area contributed by atoms with Crippen LogP contribution in [0.3, 0.4) is 0 Å². The van der Waals surface area contributed by atoms with Crippen LogP contribution < -0.4 is 10.6 Å². The Morgan fingerprint density at radius 3 is 2.55 bits per heavy atom. The summed E-state index contributed by atoms with van der Waals surface area (Å²) in [5.74, 6) is 0.625. The van der Waals surface area contributed by atoms with Crippen molar-refractivity contribution < 1.29 is 4.92 Å². The van der Waals surface area contributed by atoms with E-state index in [9.17, 15) is 10.1 Å². The molecule has 1 aliphatic carbocycles. The number of nitrogens with one attached hydrogen (secondary N) is 2. The number of anilines is 1. The average Bonchev–Trinajstić information content (AvgIpc) is 2.42. The molecule has 5 nitrogen and oxygen atoms in total. The minimum Gasteiger partial charge on any atom is -0.359 e. The number of benzene rings is 1. The van der Waals surface area contributed by atoms with Crippen molar-refractivity contribution in [1.82, 2.24) is 5.32 Å². The van der Waals surface area contributed by atoms with E-state index in [0.717, 1.165) is 12.1 Å². The number of nitro benzene ring substituents is 1. The Morgan fingerprint density at radius 2 is 1.95 bits per heavy atom. The Morgan fingerprint density at radius 1 is 1.30 bits per heavy atom. The number of non-ortho nitro benzene ring substituents is 1. The van der Waals surface area contributed by atoms with E-state index in [2.05, 4.69) is 17.6 Å². The van der Waals surface area contributed by atoms with E-state index in [1.807, 2.05) is 0 Å². The summed E-state index contributed by atoms with van der Waals surface area (Å²) in [6, 6.07) is 6.68. The highest BCUT2D eigenvalue weighted by Crippen LogP contribution is 2.24. The number of rotatable bonds is 3. The monoisotopic (exact) mass is 293 g/mol. The van der Waals surface area contributed by atoms with Crippen LogP contribution in [0.2, 0.25) is 0 Å². The molecule has 0 saturated heterocycles. The van der Waals surface area contributed by atoms with Crippen LogP contribution in [0.4, 0.5) is 11.4 Å². The largest absolute Gasteiger partial charge is 0.359 e. The minimum atomic E-state index is -0.413. The van der Waals surface area contributed by atoms with Crippen molar-refractivity contribution in [3.8, 4) is 0 Å². The van der Waals surface area contributed by atoms with Crippen LogP contribution in [0.5, 0.6) is 0 Å². The van der Waals surface area contributed by atoms with Crippen LogP contribution in [-0.2, 0) is 0 Å². The van der Waals surface area contributed by atoms with Crippen molar-refractivity contribution in [2.75, 3.05) is 5.32 Å². The number of thiocarbonyl (C=S) groups is 1. The average molecular weight is 293 g/mol. The van der Waals surface area contributed by atoms with Crippen LogP contribution in [-0.4, -0.2) is 16.1 Å². The summed E-state index contributed by atoms with van der Waals surface area (Å²) >= 11 is 5.30. The van der Waals surface area contributed by atoms with Crippen LogP contribution >= 0.6 is 12.2 Å². The fraction of sp³-hybridized carbons (Fsp3) is 0.500. The molecule has 0 bridgehead atoms. The first kappa shape index (κ1) is 14.7. The summed E-state index contributed by atoms with van der Waals surface area (Å²) in [7, 11) is 0. The zero-order valence-corrected chi connectivity index (χ0v) is 12.3. The van der Waals surface area contributed by atoms with E-state index >= 15 is 0 Å². The van der Waals surface area contributed by atoms with E-state index < -0.39 is 4.92 Å². The maximum Gasteiger partial charge on any atom is 0.269 e. The molecule has 0 aliphatic heterocycles. The fourth-order valence-corrected chi connectivity index (χ4v) is 2.80. The first-order valence-corrected chi connectivity index (χ1v) is 7.29. The highest BCUT2D eigenvalue weighted by atomic mass is 32.1. The first-order chi connectivity index (χ1) is 9.56. The summed E-state index contributed by atoms with van der Waals surface area (Å²) in [6.07, 6.45) is 4.91. The molecule has 1 fully saturated rings. The van der Waals surface area contributed by atoms with Gasteiger partial charge >= 0.3 is 0 Å². The van der Waals surface area contributed by atoms with Gasteiger partial charge in [-0.2, -0.15) is 0 Å². The summed E-state index contributed by atoms with van der Waals surface area (Å²) in [5, 5.41) is 17.6. The Balaban J connectivity index is 1.89. The predicted octanol–water partition coefficient (Wildman–Crippen LogP) is 3.46. The van der Waals surface area contributed by atoms with Gasteiger partial charge in [-0.25, -0.2) is 0 Å². The number of hydrogen-bond donors (Lipinski definition) is 2. The first-order valence-electron chi connectivity index (χ1n) is 6.88. The minimum absolute atomic E-state index is 0.0790. The second kappa shape index (κ2) is 6.65. The Kier molecular flexibility index (Phi) is 4.89. The molecule has 0 unspecified atom stereocenters.